The van der Waals surface area contributed by atoms with Crippen LogP contribution in [0.3, 0.4) is 0 Å². The molecule has 2 unspecified atom stereocenters. The van der Waals surface area contributed by atoms with Crippen LogP contribution in [0.2, 0.25) is 0 Å². The van der Waals surface area contributed by atoms with E-state index >= 15 is 0 Å². The summed E-state index contributed by atoms with van der Waals surface area (Å²) in [7, 11) is 1.75. The number of methoxy groups -OCH3 is 1. The molecule has 0 saturated carbocycles. The molecule has 0 aromatic heterocycles. The predicted octanol–water partition coefficient (Wildman–Crippen LogP) is 7.77. The standard InChI is InChI=1S/C35H76N4O4.4ClH/c1-5-8-10-12-14-16-18-20-28-41-33-35(42-7-3)31-39-27-25-37-23-22-36-24-26-38-30-34(32-40-4)43-29-21-19-17-15-13-11-9-6-2;;;;/h34-39H,5-33H2,1-4H3;4*1H. The van der Waals surface area contributed by atoms with Gasteiger partial charge < -0.3 is 40.2 Å². The average molecular weight is 763 g/mol. The Labute approximate surface area is 316 Å². The van der Waals surface area contributed by atoms with Crippen molar-refractivity contribution in [2.45, 2.75) is 136 Å². The molecule has 2 atom stereocenters. The number of nitrogens with one attached hydrogen (secondary N) is 4. The summed E-state index contributed by atoms with van der Waals surface area (Å²) in [4.78, 5) is 0. The maximum absolute atomic E-state index is 6.06. The van der Waals surface area contributed by atoms with E-state index in [0.29, 0.717) is 13.2 Å². The largest absolute Gasteiger partial charge is 0.382 e. The van der Waals surface area contributed by atoms with E-state index < -0.39 is 0 Å². The van der Waals surface area contributed by atoms with Gasteiger partial charge in [0.1, 0.15) is 0 Å². The summed E-state index contributed by atoms with van der Waals surface area (Å²) in [6.07, 6.45) is 21.5. The topological polar surface area (TPSA) is 85.0 Å². The van der Waals surface area contributed by atoms with E-state index in [-0.39, 0.29) is 61.8 Å². The molecule has 0 fully saturated rings. The molecule has 0 aliphatic rings. The number of ether oxygens (including phenoxy) is 4. The van der Waals surface area contributed by atoms with Crippen LogP contribution >= 0.6 is 49.6 Å². The van der Waals surface area contributed by atoms with Gasteiger partial charge in [0.25, 0.3) is 0 Å². The van der Waals surface area contributed by atoms with Crippen molar-refractivity contribution >= 4 is 49.6 Å². The lowest BCUT2D eigenvalue weighted by Crippen LogP contribution is -2.39. The van der Waals surface area contributed by atoms with Crippen molar-refractivity contribution in [2.75, 3.05) is 92.5 Å². The van der Waals surface area contributed by atoms with E-state index in [1.807, 2.05) is 0 Å². The minimum Gasteiger partial charge on any atom is -0.382 e. The lowest BCUT2D eigenvalue weighted by atomic mass is 10.1. The smallest absolute Gasteiger partial charge is 0.0932 e. The molecule has 292 valence electrons. The Kier molecular flexibility index (Phi) is 62.3. The first-order chi connectivity index (χ1) is 21.3. The zero-order valence-electron chi connectivity index (χ0n) is 30.9. The van der Waals surface area contributed by atoms with Crippen molar-refractivity contribution < 1.29 is 18.9 Å². The zero-order valence-corrected chi connectivity index (χ0v) is 34.2. The van der Waals surface area contributed by atoms with Crippen LogP contribution in [0.25, 0.3) is 0 Å². The minimum atomic E-state index is 0. The van der Waals surface area contributed by atoms with Gasteiger partial charge in [0, 0.05) is 79.3 Å². The number of halogens is 4. The first-order valence-electron chi connectivity index (χ1n) is 18.4. The second-order valence-corrected chi connectivity index (χ2v) is 12.0. The van der Waals surface area contributed by atoms with E-state index in [0.717, 1.165) is 85.0 Å². The Morgan fingerprint density at radius 2 is 0.809 bits per heavy atom. The predicted molar refractivity (Wildman–Crippen MR) is 214 cm³/mol. The number of unbranched alkanes of at least 4 members (excludes halogenated alkanes) is 14. The Bertz CT molecular complexity index is 524. The maximum Gasteiger partial charge on any atom is 0.0932 e. The Morgan fingerprint density at radius 1 is 0.426 bits per heavy atom. The van der Waals surface area contributed by atoms with E-state index in [1.54, 1.807) is 7.11 Å². The third-order valence-electron chi connectivity index (χ3n) is 7.73. The van der Waals surface area contributed by atoms with Crippen molar-refractivity contribution in [2.24, 2.45) is 0 Å². The molecule has 0 amide bonds. The summed E-state index contributed by atoms with van der Waals surface area (Å²) < 4.78 is 23.2. The van der Waals surface area contributed by atoms with E-state index in [4.69, 9.17) is 18.9 Å². The summed E-state index contributed by atoms with van der Waals surface area (Å²) in [5.74, 6) is 0. The van der Waals surface area contributed by atoms with Crippen molar-refractivity contribution in [3.8, 4) is 0 Å². The molecule has 0 spiro atoms. The van der Waals surface area contributed by atoms with E-state index in [9.17, 15) is 0 Å². The van der Waals surface area contributed by atoms with Gasteiger partial charge in [-0.25, -0.2) is 0 Å². The van der Waals surface area contributed by atoms with Gasteiger partial charge in [0.05, 0.1) is 25.4 Å². The first kappa shape index (κ1) is 57.2. The van der Waals surface area contributed by atoms with Gasteiger partial charge in [0.2, 0.25) is 0 Å². The third-order valence-corrected chi connectivity index (χ3v) is 7.73. The van der Waals surface area contributed by atoms with Gasteiger partial charge in [-0.15, -0.1) is 49.6 Å². The van der Waals surface area contributed by atoms with E-state index in [2.05, 4.69) is 42.0 Å². The highest BCUT2D eigenvalue weighted by molar-refractivity contribution is 5.86. The van der Waals surface area contributed by atoms with Crippen LogP contribution in [-0.4, -0.2) is 105 Å². The fraction of sp³-hybridized carbons (Fsp3) is 1.00. The molecule has 0 aromatic rings. The molecule has 4 N–H and O–H groups in total. The molecule has 0 bridgehead atoms. The van der Waals surface area contributed by atoms with Crippen LogP contribution in [0.5, 0.6) is 0 Å². The second kappa shape index (κ2) is 51.2. The van der Waals surface area contributed by atoms with Crippen LogP contribution in [-0.2, 0) is 18.9 Å². The molecule has 0 saturated heterocycles. The molecule has 8 nitrogen and oxygen atoms in total. The fourth-order valence-electron chi connectivity index (χ4n) is 5.10. The molecule has 0 radical (unpaired) electrons. The van der Waals surface area contributed by atoms with Crippen molar-refractivity contribution in [1.82, 2.24) is 21.3 Å². The highest BCUT2D eigenvalue weighted by Gasteiger charge is 2.09. The lowest BCUT2D eigenvalue weighted by molar-refractivity contribution is -0.0113. The summed E-state index contributed by atoms with van der Waals surface area (Å²) in [6.45, 7) is 17.7. The lowest BCUT2D eigenvalue weighted by Gasteiger charge is -2.18. The average Bonchev–Trinajstić information content (AvgIpc) is 3.01. The molecule has 0 aromatic carbocycles. The molecular formula is C35H80Cl4N4O4. The summed E-state index contributed by atoms with van der Waals surface area (Å²) in [5, 5.41) is 14.0. The van der Waals surface area contributed by atoms with Gasteiger partial charge in [0.15, 0.2) is 0 Å². The maximum atomic E-state index is 6.06. The van der Waals surface area contributed by atoms with Crippen molar-refractivity contribution in [3.05, 3.63) is 0 Å². The van der Waals surface area contributed by atoms with Gasteiger partial charge in [-0.1, -0.05) is 104 Å². The van der Waals surface area contributed by atoms with E-state index in [1.165, 1.54) is 89.9 Å². The van der Waals surface area contributed by atoms with Crippen molar-refractivity contribution in [3.63, 3.8) is 0 Å². The van der Waals surface area contributed by atoms with Gasteiger partial charge in [-0.3, -0.25) is 0 Å². The number of hydrogen-bond donors (Lipinski definition) is 4. The third kappa shape index (κ3) is 46.8. The normalized spacial score (nSPS) is 12.0. The SMILES string of the molecule is CCCCCCCCCCOCC(CNCCNCCNCCNCC(COC)OCCCCCCCCCC)OCC.Cl.Cl.Cl.Cl. The molecule has 0 rings (SSSR count). The molecule has 0 heterocycles. The molecule has 12 heteroatoms. The monoisotopic (exact) mass is 760 g/mol. The summed E-state index contributed by atoms with van der Waals surface area (Å²) in [5.41, 5.74) is 0. The second-order valence-electron chi connectivity index (χ2n) is 12.0. The molecule has 0 aliphatic carbocycles. The van der Waals surface area contributed by atoms with Gasteiger partial charge >= 0.3 is 0 Å². The number of hydrogen-bond acceptors (Lipinski definition) is 8. The first-order valence-corrected chi connectivity index (χ1v) is 18.4. The Morgan fingerprint density at radius 3 is 1.23 bits per heavy atom. The van der Waals surface area contributed by atoms with Crippen LogP contribution < -0.4 is 21.3 Å². The fourth-order valence-corrected chi connectivity index (χ4v) is 5.10. The Balaban J connectivity index is -0.00000147. The van der Waals surface area contributed by atoms with Gasteiger partial charge in [-0.05, 0) is 19.8 Å². The number of rotatable bonds is 38. The minimum absolute atomic E-state index is 0. The highest BCUT2D eigenvalue weighted by Crippen LogP contribution is 2.09. The molecule has 47 heavy (non-hydrogen) atoms. The van der Waals surface area contributed by atoms with Crippen LogP contribution in [0.4, 0.5) is 0 Å². The van der Waals surface area contributed by atoms with Crippen LogP contribution in [0.15, 0.2) is 0 Å². The summed E-state index contributed by atoms with van der Waals surface area (Å²) in [6, 6.07) is 0. The van der Waals surface area contributed by atoms with Crippen LogP contribution in [0, 0.1) is 0 Å². The Hall–Kier alpha value is 0.840. The van der Waals surface area contributed by atoms with Crippen molar-refractivity contribution in [1.29, 1.82) is 0 Å². The zero-order chi connectivity index (χ0) is 31.3. The molecule has 0 aliphatic heterocycles. The summed E-state index contributed by atoms with van der Waals surface area (Å²) >= 11 is 0. The van der Waals surface area contributed by atoms with Crippen LogP contribution in [0.1, 0.15) is 124 Å². The van der Waals surface area contributed by atoms with Gasteiger partial charge in [-0.2, -0.15) is 0 Å². The quantitative estimate of drug-likeness (QED) is 0.0476. The molecular weight excluding hydrogens is 682 g/mol. The highest BCUT2D eigenvalue weighted by atomic mass is 35.5.